The first kappa shape index (κ1) is 24.5. The predicted molar refractivity (Wildman–Crippen MR) is 125 cm³/mol. The van der Waals surface area contributed by atoms with Crippen molar-refractivity contribution >= 4 is 28.9 Å². The molecule has 2 heterocycles. The summed E-state index contributed by atoms with van der Waals surface area (Å²) in [5.74, 6) is -0.724. The fraction of sp³-hybridized carbons (Fsp3) is 0.583. The molecule has 1 aliphatic rings. The number of alkyl carbamates (subject to hydrolysis) is 1. The number of hydrogen-bond donors (Lipinski definition) is 2. The summed E-state index contributed by atoms with van der Waals surface area (Å²) in [4.78, 5) is 48.2. The number of aryl methyl sites for hydroxylation is 2. The summed E-state index contributed by atoms with van der Waals surface area (Å²) in [6.45, 7) is 6.11. The van der Waals surface area contributed by atoms with Crippen molar-refractivity contribution in [2.75, 3.05) is 6.54 Å². The van der Waals surface area contributed by atoms with Gasteiger partial charge in [0.2, 0.25) is 11.8 Å². The Morgan fingerprint density at radius 2 is 1.85 bits per heavy atom. The zero-order valence-electron chi connectivity index (χ0n) is 19.9. The van der Waals surface area contributed by atoms with Crippen molar-refractivity contribution in [3.63, 3.8) is 0 Å². The molecule has 1 unspecified atom stereocenters. The Morgan fingerprint density at radius 1 is 1.12 bits per heavy atom. The van der Waals surface area contributed by atoms with Crippen molar-refractivity contribution in [3.8, 4) is 0 Å². The summed E-state index contributed by atoms with van der Waals surface area (Å²) in [6, 6.07) is 5.22. The third kappa shape index (κ3) is 6.24. The number of imide groups is 1. The Balaban J connectivity index is 1.52. The molecule has 0 saturated carbocycles. The molecule has 0 radical (unpaired) electrons. The molecule has 1 aromatic heterocycles. The number of nitrogens with zero attached hydrogens (tertiary/aromatic N) is 2. The van der Waals surface area contributed by atoms with Gasteiger partial charge >= 0.3 is 11.8 Å². The van der Waals surface area contributed by atoms with Crippen molar-refractivity contribution in [2.45, 2.75) is 77.4 Å². The van der Waals surface area contributed by atoms with Crippen LogP contribution in [-0.4, -0.2) is 39.2 Å². The van der Waals surface area contributed by atoms with Gasteiger partial charge in [0.1, 0.15) is 11.6 Å². The van der Waals surface area contributed by atoms with Crippen LogP contribution in [0.25, 0.3) is 11.0 Å². The lowest BCUT2D eigenvalue weighted by atomic mass is 10.0. The van der Waals surface area contributed by atoms with Gasteiger partial charge in [-0.1, -0.05) is 18.9 Å². The molecule has 33 heavy (non-hydrogen) atoms. The van der Waals surface area contributed by atoms with Crippen LogP contribution in [0.3, 0.4) is 0 Å². The van der Waals surface area contributed by atoms with Gasteiger partial charge in [-0.15, -0.1) is 0 Å². The first-order valence-electron chi connectivity index (χ1n) is 11.6. The number of aromatic nitrogens is 2. The zero-order chi connectivity index (χ0) is 24.2. The maximum atomic E-state index is 12.8. The summed E-state index contributed by atoms with van der Waals surface area (Å²) >= 11 is 0. The van der Waals surface area contributed by atoms with E-state index in [9.17, 15) is 19.2 Å². The Labute approximate surface area is 193 Å². The van der Waals surface area contributed by atoms with E-state index in [1.807, 2.05) is 39.0 Å². The monoisotopic (exact) mass is 458 g/mol. The standard InChI is InChI=1S/C24H34N4O5/c1-24(2,3)33-22(31)25-14-8-6-5-7-9-16-10-11-17-19(15-16)27(4)23(32)28(17)18-12-13-20(29)26-21(18)30/h10-11,15,18H,5-9,12-14H2,1-4H3,(H,25,31)(H,26,29,30). The number of fused-ring (bicyclic) bond motifs is 1. The third-order valence-electron chi connectivity index (χ3n) is 5.74. The Kier molecular flexibility index (Phi) is 7.61. The minimum atomic E-state index is -0.668. The van der Waals surface area contributed by atoms with E-state index < -0.39 is 17.6 Å². The van der Waals surface area contributed by atoms with Gasteiger partial charge in [0, 0.05) is 20.0 Å². The molecule has 3 amide bonds. The quantitative estimate of drug-likeness (QED) is 0.467. The molecule has 9 heteroatoms. The van der Waals surface area contributed by atoms with E-state index in [0.29, 0.717) is 18.5 Å². The van der Waals surface area contributed by atoms with Gasteiger partial charge in [0.05, 0.1) is 11.0 Å². The van der Waals surface area contributed by atoms with Gasteiger partial charge in [-0.25, -0.2) is 9.59 Å². The first-order valence-corrected chi connectivity index (χ1v) is 11.6. The lowest BCUT2D eigenvalue weighted by Crippen LogP contribution is -2.44. The SMILES string of the molecule is Cn1c(=O)n(C2CCC(=O)NC2=O)c2ccc(CCCCCCNC(=O)OC(C)(C)C)cc21. The fourth-order valence-electron chi connectivity index (χ4n) is 4.11. The third-order valence-corrected chi connectivity index (χ3v) is 5.74. The average molecular weight is 459 g/mol. The minimum absolute atomic E-state index is 0.227. The number of hydrogen-bond acceptors (Lipinski definition) is 5. The molecule has 3 rings (SSSR count). The second-order valence-corrected chi connectivity index (χ2v) is 9.59. The van der Waals surface area contributed by atoms with E-state index in [-0.39, 0.29) is 24.1 Å². The van der Waals surface area contributed by atoms with E-state index in [4.69, 9.17) is 4.74 Å². The van der Waals surface area contributed by atoms with E-state index >= 15 is 0 Å². The topological polar surface area (TPSA) is 111 Å². The van der Waals surface area contributed by atoms with Gasteiger partial charge in [0.15, 0.2) is 0 Å². The highest BCUT2D eigenvalue weighted by Crippen LogP contribution is 2.24. The van der Waals surface area contributed by atoms with E-state index in [2.05, 4.69) is 10.6 Å². The number of carbonyl (C=O) groups is 3. The molecule has 1 aromatic carbocycles. The highest BCUT2D eigenvalue weighted by molar-refractivity contribution is 6.00. The second kappa shape index (κ2) is 10.2. The first-order chi connectivity index (χ1) is 15.6. The van der Waals surface area contributed by atoms with Crippen LogP contribution < -0.4 is 16.3 Å². The minimum Gasteiger partial charge on any atom is -0.444 e. The molecule has 0 spiro atoms. The van der Waals surface area contributed by atoms with Crippen molar-refractivity contribution in [1.82, 2.24) is 19.8 Å². The number of amides is 3. The van der Waals surface area contributed by atoms with Crippen LogP contribution in [-0.2, 0) is 27.8 Å². The lowest BCUT2D eigenvalue weighted by molar-refractivity contribution is -0.135. The molecule has 1 atom stereocenters. The Hall–Kier alpha value is -3.10. The summed E-state index contributed by atoms with van der Waals surface area (Å²) in [5.41, 5.74) is 1.87. The molecule has 2 aromatic rings. The van der Waals surface area contributed by atoms with Crippen LogP contribution in [0.1, 0.15) is 70.9 Å². The molecule has 1 saturated heterocycles. The van der Waals surface area contributed by atoms with Gasteiger partial charge in [0.25, 0.3) is 0 Å². The molecular weight excluding hydrogens is 424 g/mol. The van der Waals surface area contributed by atoms with Gasteiger partial charge in [-0.3, -0.25) is 24.0 Å². The maximum absolute atomic E-state index is 12.8. The number of nitrogens with one attached hydrogen (secondary N) is 2. The molecule has 0 aliphatic carbocycles. The smallest absolute Gasteiger partial charge is 0.407 e. The van der Waals surface area contributed by atoms with Crippen LogP contribution in [0.5, 0.6) is 0 Å². The number of imidazole rings is 1. The number of ether oxygens (including phenoxy) is 1. The number of rotatable bonds is 8. The molecule has 0 bridgehead atoms. The molecular formula is C24H34N4O5. The Morgan fingerprint density at radius 3 is 2.55 bits per heavy atom. The van der Waals surface area contributed by atoms with E-state index in [1.165, 1.54) is 4.57 Å². The van der Waals surface area contributed by atoms with Gasteiger partial charge in [-0.05, 0) is 64.2 Å². The predicted octanol–water partition coefficient (Wildman–Crippen LogP) is 2.95. The molecule has 1 fully saturated rings. The van der Waals surface area contributed by atoms with Crippen LogP contribution in [0.4, 0.5) is 4.79 Å². The highest BCUT2D eigenvalue weighted by atomic mass is 16.6. The summed E-state index contributed by atoms with van der Waals surface area (Å²) < 4.78 is 8.27. The zero-order valence-corrected chi connectivity index (χ0v) is 19.9. The van der Waals surface area contributed by atoms with E-state index in [1.54, 1.807) is 11.6 Å². The number of benzene rings is 1. The second-order valence-electron chi connectivity index (χ2n) is 9.59. The van der Waals surface area contributed by atoms with Crippen LogP contribution in [0.15, 0.2) is 23.0 Å². The van der Waals surface area contributed by atoms with Crippen LogP contribution in [0.2, 0.25) is 0 Å². The normalized spacial score (nSPS) is 16.7. The number of carbonyl (C=O) groups excluding carboxylic acids is 3. The lowest BCUT2D eigenvalue weighted by Gasteiger charge is -2.21. The summed E-state index contributed by atoms with van der Waals surface area (Å²) in [5, 5.41) is 5.10. The van der Waals surface area contributed by atoms with Crippen molar-refractivity contribution in [2.24, 2.45) is 7.05 Å². The number of piperidine rings is 1. The van der Waals surface area contributed by atoms with Crippen molar-refractivity contribution in [3.05, 3.63) is 34.2 Å². The highest BCUT2D eigenvalue weighted by Gasteiger charge is 2.31. The van der Waals surface area contributed by atoms with Crippen LogP contribution >= 0.6 is 0 Å². The van der Waals surface area contributed by atoms with Crippen molar-refractivity contribution in [1.29, 1.82) is 0 Å². The van der Waals surface area contributed by atoms with Gasteiger partial charge < -0.3 is 10.1 Å². The molecule has 180 valence electrons. The van der Waals surface area contributed by atoms with E-state index in [0.717, 1.165) is 43.2 Å². The van der Waals surface area contributed by atoms with Gasteiger partial charge in [-0.2, -0.15) is 0 Å². The Bertz CT molecular complexity index is 1090. The summed E-state index contributed by atoms with van der Waals surface area (Å²) in [6.07, 6.45) is 4.98. The summed E-state index contributed by atoms with van der Waals surface area (Å²) in [7, 11) is 1.70. The fourth-order valence-corrected chi connectivity index (χ4v) is 4.11. The maximum Gasteiger partial charge on any atom is 0.407 e. The molecule has 1 aliphatic heterocycles. The van der Waals surface area contributed by atoms with Crippen LogP contribution in [0, 0.1) is 0 Å². The van der Waals surface area contributed by atoms with Crippen molar-refractivity contribution < 1.29 is 19.1 Å². The number of unbranched alkanes of at least 4 members (excludes halogenated alkanes) is 3. The molecule has 9 nitrogen and oxygen atoms in total. The molecule has 2 N–H and O–H groups in total. The average Bonchev–Trinajstić information content (AvgIpc) is 2.96. The largest absolute Gasteiger partial charge is 0.444 e.